The predicted octanol–water partition coefficient (Wildman–Crippen LogP) is 8.75. The van der Waals surface area contributed by atoms with Crippen molar-refractivity contribution < 1.29 is 4.39 Å². The summed E-state index contributed by atoms with van der Waals surface area (Å²) in [5.41, 5.74) is 4.60. The van der Waals surface area contributed by atoms with Gasteiger partial charge in [-0.1, -0.05) is 101 Å². The van der Waals surface area contributed by atoms with Crippen LogP contribution in [0.2, 0.25) is 0 Å². The first-order valence-electron chi connectivity index (χ1n) is 12.0. The van der Waals surface area contributed by atoms with E-state index >= 15 is 0 Å². The van der Waals surface area contributed by atoms with Crippen molar-refractivity contribution in [2.45, 2.75) is 71.6 Å². The molecular formula is C29H35F. The van der Waals surface area contributed by atoms with Crippen molar-refractivity contribution >= 4 is 10.8 Å². The molecule has 30 heavy (non-hydrogen) atoms. The zero-order chi connectivity index (χ0) is 20.9. The van der Waals surface area contributed by atoms with Gasteiger partial charge in [0.2, 0.25) is 0 Å². The van der Waals surface area contributed by atoms with Gasteiger partial charge in [0.1, 0.15) is 5.82 Å². The summed E-state index contributed by atoms with van der Waals surface area (Å²) in [6, 6.07) is 19.1. The third-order valence-electron chi connectivity index (χ3n) is 7.21. The Labute approximate surface area is 181 Å². The van der Waals surface area contributed by atoms with Crippen molar-refractivity contribution in [2.24, 2.45) is 11.8 Å². The standard InChI is InChI=1S/C29H35F/c1-3-5-21-6-8-22(9-7-21)10-11-23-12-14-25(15-13-23)26-18-19-28-27(20-26)17-16-24(4-2)29(28)30/h12-22H,3-11H2,1-2H3. The third-order valence-corrected chi connectivity index (χ3v) is 7.21. The van der Waals surface area contributed by atoms with Gasteiger partial charge in [-0.3, -0.25) is 0 Å². The van der Waals surface area contributed by atoms with Gasteiger partial charge < -0.3 is 0 Å². The third kappa shape index (κ3) is 4.77. The molecule has 1 saturated carbocycles. The lowest BCUT2D eigenvalue weighted by atomic mass is 9.78. The second-order valence-corrected chi connectivity index (χ2v) is 9.24. The molecule has 0 atom stereocenters. The van der Waals surface area contributed by atoms with E-state index in [1.165, 1.54) is 62.5 Å². The Morgan fingerprint density at radius 3 is 2.10 bits per heavy atom. The molecule has 0 unspecified atom stereocenters. The zero-order valence-electron chi connectivity index (χ0n) is 18.6. The van der Waals surface area contributed by atoms with Crippen molar-refractivity contribution in [1.82, 2.24) is 0 Å². The normalized spacial score (nSPS) is 19.3. The molecule has 0 saturated heterocycles. The van der Waals surface area contributed by atoms with Gasteiger partial charge in [-0.15, -0.1) is 0 Å². The average Bonchev–Trinajstić information content (AvgIpc) is 2.79. The minimum absolute atomic E-state index is 0.0689. The van der Waals surface area contributed by atoms with Gasteiger partial charge >= 0.3 is 0 Å². The van der Waals surface area contributed by atoms with E-state index in [1.54, 1.807) is 0 Å². The van der Waals surface area contributed by atoms with E-state index in [-0.39, 0.29) is 5.82 Å². The summed E-state index contributed by atoms with van der Waals surface area (Å²) in [7, 11) is 0. The van der Waals surface area contributed by atoms with Gasteiger partial charge in [-0.25, -0.2) is 4.39 Å². The van der Waals surface area contributed by atoms with E-state index in [9.17, 15) is 4.39 Å². The quantitative estimate of drug-likeness (QED) is 0.370. The summed E-state index contributed by atoms with van der Waals surface area (Å²) < 4.78 is 14.6. The number of rotatable bonds is 7. The number of hydrogen-bond donors (Lipinski definition) is 0. The molecule has 158 valence electrons. The fourth-order valence-corrected chi connectivity index (χ4v) is 5.24. The Hall–Kier alpha value is -2.15. The molecule has 1 aliphatic carbocycles. The number of fused-ring (bicyclic) bond motifs is 1. The van der Waals surface area contributed by atoms with Gasteiger partial charge in [-0.05, 0) is 64.8 Å². The van der Waals surface area contributed by atoms with Crippen LogP contribution in [0, 0.1) is 17.7 Å². The molecule has 0 aromatic heterocycles. The van der Waals surface area contributed by atoms with Crippen molar-refractivity contribution in [2.75, 3.05) is 0 Å². The van der Waals surface area contributed by atoms with E-state index < -0.39 is 0 Å². The Morgan fingerprint density at radius 1 is 0.767 bits per heavy atom. The summed E-state index contributed by atoms with van der Waals surface area (Å²) >= 11 is 0. The summed E-state index contributed by atoms with van der Waals surface area (Å²) in [5, 5.41) is 1.70. The number of halogens is 1. The SMILES string of the molecule is CCCC1CCC(CCc2ccc(-c3ccc4c(F)c(CC)ccc4c3)cc2)CC1. The monoisotopic (exact) mass is 402 g/mol. The van der Waals surface area contributed by atoms with Crippen LogP contribution in [0.3, 0.4) is 0 Å². The fraction of sp³-hybridized carbons (Fsp3) is 0.448. The lowest BCUT2D eigenvalue weighted by Crippen LogP contribution is -2.15. The maximum atomic E-state index is 14.6. The van der Waals surface area contributed by atoms with Crippen molar-refractivity contribution in [3.05, 3.63) is 71.5 Å². The second-order valence-electron chi connectivity index (χ2n) is 9.24. The van der Waals surface area contributed by atoms with Gasteiger partial charge in [0, 0.05) is 5.39 Å². The Morgan fingerprint density at radius 2 is 1.43 bits per heavy atom. The molecule has 0 radical (unpaired) electrons. The van der Waals surface area contributed by atoms with Crippen LogP contribution >= 0.6 is 0 Å². The largest absolute Gasteiger partial charge is 0.206 e. The Kier molecular flexibility index (Phi) is 6.87. The number of hydrogen-bond acceptors (Lipinski definition) is 0. The minimum Gasteiger partial charge on any atom is -0.206 e. The van der Waals surface area contributed by atoms with E-state index in [4.69, 9.17) is 0 Å². The minimum atomic E-state index is -0.0689. The van der Waals surface area contributed by atoms with Crippen LogP contribution in [0.5, 0.6) is 0 Å². The summed E-state index contributed by atoms with van der Waals surface area (Å²) in [4.78, 5) is 0. The van der Waals surface area contributed by atoms with Crippen LogP contribution in [0.15, 0.2) is 54.6 Å². The van der Waals surface area contributed by atoms with E-state index in [2.05, 4.69) is 43.3 Å². The van der Waals surface area contributed by atoms with E-state index in [0.29, 0.717) is 0 Å². The van der Waals surface area contributed by atoms with Gasteiger partial charge in [0.25, 0.3) is 0 Å². The highest BCUT2D eigenvalue weighted by Gasteiger charge is 2.20. The maximum Gasteiger partial charge on any atom is 0.134 e. The molecular weight excluding hydrogens is 367 g/mol. The van der Waals surface area contributed by atoms with Crippen LogP contribution in [0.1, 0.15) is 69.9 Å². The molecule has 0 amide bonds. The van der Waals surface area contributed by atoms with Crippen LogP contribution in [0.25, 0.3) is 21.9 Å². The van der Waals surface area contributed by atoms with Crippen LogP contribution in [0.4, 0.5) is 4.39 Å². The fourth-order valence-electron chi connectivity index (χ4n) is 5.24. The van der Waals surface area contributed by atoms with Crippen molar-refractivity contribution in [1.29, 1.82) is 0 Å². The molecule has 1 fully saturated rings. The molecule has 3 aromatic carbocycles. The van der Waals surface area contributed by atoms with Crippen LogP contribution in [-0.4, -0.2) is 0 Å². The summed E-state index contributed by atoms with van der Waals surface area (Å²) in [6.07, 6.45) is 11.7. The summed E-state index contributed by atoms with van der Waals surface area (Å²) in [5.74, 6) is 1.84. The predicted molar refractivity (Wildman–Crippen MR) is 127 cm³/mol. The van der Waals surface area contributed by atoms with Crippen molar-refractivity contribution in [3.63, 3.8) is 0 Å². The molecule has 0 heterocycles. The lowest BCUT2D eigenvalue weighted by Gasteiger charge is -2.28. The molecule has 3 aromatic rings. The van der Waals surface area contributed by atoms with Gasteiger partial charge in [-0.2, -0.15) is 0 Å². The Bertz CT molecular complexity index is 962. The highest BCUT2D eigenvalue weighted by Crippen LogP contribution is 2.34. The number of benzene rings is 3. The first-order chi connectivity index (χ1) is 14.7. The highest BCUT2D eigenvalue weighted by molar-refractivity contribution is 5.88. The molecule has 0 spiro atoms. The van der Waals surface area contributed by atoms with Crippen molar-refractivity contribution in [3.8, 4) is 11.1 Å². The van der Waals surface area contributed by atoms with Crippen LogP contribution in [-0.2, 0) is 12.8 Å². The molecule has 1 aliphatic rings. The summed E-state index contributed by atoms with van der Waals surface area (Å²) in [6.45, 7) is 4.31. The van der Waals surface area contributed by atoms with E-state index in [1.807, 2.05) is 25.1 Å². The average molecular weight is 403 g/mol. The number of aryl methyl sites for hydroxylation is 2. The Balaban J connectivity index is 1.39. The molecule has 0 N–H and O–H groups in total. The van der Waals surface area contributed by atoms with Gasteiger partial charge in [0.15, 0.2) is 0 Å². The molecule has 0 aliphatic heterocycles. The second kappa shape index (κ2) is 9.77. The first kappa shape index (κ1) is 21.1. The van der Waals surface area contributed by atoms with Gasteiger partial charge in [0.05, 0.1) is 0 Å². The smallest absolute Gasteiger partial charge is 0.134 e. The molecule has 4 rings (SSSR count). The lowest BCUT2D eigenvalue weighted by molar-refractivity contribution is 0.252. The topological polar surface area (TPSA) is 0 Å². The molecule has 1 heteroatoms. The first-order valence-corrected chi connectivity index (χ1v) is 12.0. The highest BCUT2D eigenvalue weighted by atomic mass is 19.1. The molecule has 0 nitrogen and oxygen atoms in total. The maximum absolute atomic E-state index is 14.6. The zero-order valence-corrected chi connectivity index (χ0v) is 18.6. The molecule has 0 bridgehead atoms. The van der Waals surface area contributed by atoms with Crippen LogP contribution < -0.4 is 0 Å². The van der Waals surface area contributed by atoms with E-state index in [0.717, 1.165) is 40.2 Å².